The summed E-state index contributed by atoms with van der Waals surface area (Å²) in [5.41, 5.74) is 0.327. The lowest BCUT2D eigenvalue weighted by atomic mass is 9.99. The van der Waals surface area contributed by atoms with Gasteiger partial charge < -0.3 is 9.84 Å². The number of hydrogen-bond acceptors (Lipinski definition) is 8. The first kappa shape index (κ1) is 18.0. The molecule has 0 radical (unpaired) electrons. The molecule has 11 heteroatoms. The van der Waals surface area contributed by atoms with Gasteiger partial charge >= 0.3 is 0 Å². The molecule has 1 N–H and O–H groups in total. The van der Waals surface area contributed by atoms with Crippen molar-refractivity contribution in [1.29, 1.82) is 0 Å². The van der Waals surface area contributed by atoms with Gasteiger partial charge in [-0.05, 0) is 33.6 Å². The second kappa shape index (κ2) is 6.81. The first-order valence-electron chi connectivity index (χ1n) is 7.83. The van der Waals surface area contributed by atoms with Crippen LogP contribution in [0.4, 0.5) is 5.13 Å². The van der Waals surface area contributed by atoms with E-state index in [1.807, 2.05) is 0 Å². The fourth-order valence-electron chi connectivity index (χ4n) is 2.90. The normalized spacial score (nSPS) is 19.1. The Hall–Kier alpha value is -1.85. The summed E-state index contributed by atoms with van der Waals surface area (Å²) in [5, 5.41) is 15.3. The molecule has 0 bridgehead atoms. The van der Waals surface area contributed by atoms with Crippen molar-refractivity contribution < 1.29 is 17.7 Å². The Kier molecular flexibility index (Phi) is 4.89. The molecule has 9 nitrogen and oxygen atoms in total. The summed E-state index contributed by atoms with van der Waals surface area (Å²) < 4.78 is 32.1. The van der Waals surface area contributed by atoms with Crippen LogP contribution in [-0.4, -0.2) is 47.1 Å². The highest BCUT2D eigenvalue weighted by molar-refractivity contribution is 7.89. The molecule has 1 aliphatic rings. The van der Waals surface area contributed by atoms with Crippen molar-refractivity contribution in [1.82, 2.24) is 19.7 Å². The van der Waals surface area contributed by atoms with Crippen LogP contribution < -0.4 is 5.32 Å². The Balaban J connectivity index is 1.75. The smallest absolute Gasteiger partial charge is 0.248 e. The van der Waals surface area contributed by atoms with Crippen LogP contribution in [0.15, 0.2) is 9.42 Å². The number of rotatable bonds is 4. The third-order valence-electron chi connectivity index (χ3n) is 4.08. The van der Waals surface area contributed by atoms with E-state index in [4.69, 9.17) is 4.52 Å². The number of piperidine rings is 1. The molecule has 0 saturated carbocycles. The van der Waals surface area contributed by atoms with E-state index in [-0.39, 0.29) is 23.1 Å². The molecule has 136 valence electrons. The number of sulfonamides is 1. The standard InChI is InChI=1S/C14H19N5O4S2/c1-8-12(9(2)23-18-8)25(21,22)19-6-4-5-11(7-19)13(20)15-14-17-16-10(3)24-14/h11H,4-7H2,1-3H3,(H,15,17,20). The van der Waals surface area contributed by atoms with E-state index in [1.54, 1.807) is 20.8 Å². The number of nitrogens with zero attached hydrogens (tertiary/aromatic N) is 4. The number of anilines is 1. The summed E-state index contributed by atoms with van der Waals surface area (Å²) in [7, 11) is -3.74. The van der Waals surface area contributed by atoms with Crippen molar-refractivity contribution >= 4 is 32.4 Å². The highest BCUT2D eigenvalue weighted by atomic mass is 32.2. The fraction of sp³-hybridized carbons (Fsp3) is 0.571. The van der Waals surface area contributed by atoms with E-state index < -0.39 is 15.9 Å². The van der Waals surface area contributed by atoms with Crippen LogP contribution in [0.2, 0.25) is 0 Å². The van der Waals surface area contributed by atoms with Crippen LogP contribution in [-0.2, 0) is 14.8 Å². The van der Waals surface area contributed by atoms with E-state index in [9.17, 15) is 13.2 Å². The van der Waals surface area contributed by atoms with Crippen LogP contribution >= 0.6 is 11.3 Å². The van der Waals surface area contributed by atoms with Gasteiger partial charge in [-0.1, -0.05) is 16.5 Å². The average Bonchev–Trinajstić information content (AvgIpc) is 3.13. The second-order valence-electron chi connectivity index (χ2n) is 5.97. The molecule has 25 heavy (non-hydrogen) atoms. The molecule has 0 spiro atoms. The summed E-state index contributed by atoms with van der Waals surface area (Å²) in [4.78, 5) is 12.5. The first-order chi connectivity index (χ1) is 11.8. The molecule has 1 saturated heterocycles. The van der Waals surface area contributed by atoms with E-state index in [1.165, 1.54) is 15.6 Å². The van der Waals surface area contributed by atoms with Crippen LogP contribution in [0.1, 0.15) is 29.3 Å². The van der Waals surface area contributed by atoms with E-state index >= 15 is 0 Å². The average molecular weight is 385 g/mol. The summed E-state index contributed by atoms with van der Waals surface area (Å²) in [6.07, 6.45) is 1.23. The maximum atomic E-state index is 12.9. The zero-order chi connectivity index (χ0) is 18.2. The predicted octanol–water partition coefficient (Wildman–Crippen LogP) is 1.49. The minimum atomic E-state index is -3.74. The van der Waals surface area contributed by atoms with Gasteiger partial charge in [0.05, 0.1) is 5.92 Å². The largest absolute Gasteiger partial charge is 0.360 e. The lowest BCUT2D eigenvalue weighted by Crippen LogP contribution is -2.43. The van der Waals surface area contributed by atoms with Crippen LogP contribution in [0, 0.1) is 26.7 Å². The minimum Gasteiger partial charge on any atom is -0.360 e. The maximum Gasteiger partial charge on any atom is 0.248 e. The molecule has 3 heterocycles. The molecule has 1 unspecified atom stereocenters. The number of amides is 1. The Labute approximate surface area is 149 Å². The van der Waals surface area contributed by atoms with Gasteiger partial charge in [-0.3, -0.25) is 4.79 Å². The molecule has 1 aliphatic heterocycles. The summed E-state index contributed by atoms with van der Waals surface area (Å²) in [6.45, 7) is 5.45. The van der Waals surface area contributed by atoms with Crippen molar-refractivity contribution in [2.75, 3.05) is 18.4 Å². The zero-order valence-corrected chi connectivity index (χ0v) is 15.8. The number of carbonyl (C=O) groups excluding carboxylic acids is 1. The topological polar surface area (TPSA) is 118 Å². The third-order valence-corrected chi connectivity index (χ3v) is 6.94. The van der Waals surface area contributed by atoms with Crippen LogP contribution in [0.3, 0.4) is 0 Å². The third kappa shape index (κ3) is 3.58. The lowest BCUT2D eigenvalue weighted by Gasteiger charge is -2.30. The molecular weight excluding hydrogens is 366 g/mol. The number of nitrogens with one attached hydrogen (secondary N) is 1. The van der Waals surface area contributed by atoms with Gasteiger partial charge in [0.2, 0.25) is 21.1 Å². The van der Waals surface area contributed by atoms with Gasteiger partial charge in [0, 0.05) is 13.1 Å². The zero-order valence-electron chi connectivity index (χ0n) is 14.1. The molecule has 2 aromatic heterocycles. The van der Waals surface area contributed by atoms with Gasteiger partial charge in [-0.15, -0.1) is 10.2 Å². The number of hydrogen-bond donors (Lipinski definition) is 1. The van der Waals surface area contributed by atoms with E-state index in [0.717, 1.165) is 5.01 Å². The highest BCUT2D eigenvalue weighted by Crippen LogP contribution is 2.28. The number of carbonyl (C=O) groups is 1. The molecule has 1 atom stereocenters. The van der Waals surface area contributed by atoms with Crippen molar-refractivity contribution in [2.45, 2.75) is 38.5 Å². The van der Waals surface area contributed by atoms with E-state index in [0.29, 0.717) is 30.2 Å². The van der Waals surface area contributed by atoms with Crippen molar-refractivity contribution in [3.8, 4) is 0 Å². The van der Waals surface area contributed by atoms with Gasteiger partial charge in [-0.25, -0.2) is 8.42 Å². The quantitative estimate of drug-likeness (QED) is 0.847. The molecular formula is C14H19N5O4S2. The monoisotopic (exact) mass is 385 g/mol. The molecule has 3 rings (SSSR count). The maximum absolute atomic E-state index is 12.9. The van der Waals surface area contributed by atoms with E-state index in [2.05, 4.69) is 20.7 Å². The number of aromatic nitrogens is 3. The SMILES string of the molecule is Cc1nnc(NC(=O)C2CCCN(S(=O)(=O)c3c(C)noc3C)C2)s1. The lowest BCUT2D eigenvalue weighted by molar-refractivity contribution is -0.120. The van der Waals surface area contributed by atoms with Gasteiger partial charge in [0.1, 0.15) is 15.6 Å². The van der Waals surface area contributed by atoms with Gasteiger partial charge in [0.15, 0.2) is 5.76 Å². The summed E-state index contributed by atoms with van der Waals surface area (Å²) in [6, 6.07) is 0. The predicted molar refractivity (Wildman–Crippen MR) is 90.7 cm³/mol. The molecule has 1 amide bonds. The Morgan fingerprint density at radius 1 is 1.32 bits per heavy atom. The van der Waals surface area contributed by atoms with Crippen molar-refractivity contribution in [3.05, 3.63) is 16.5 Å². The van der Waals surface area contributed by atoms with Gasteiger partial charge in [-0.2, -0.15) is 4.31 Å². The highest BCUT2D eigenvalue weighted by Gasteiger charge is 2.36. The first-order valence-corrected chi connectivity index (χ1v) is 10.1. The molecule has 0 aromatic carbocycles. The molecule has 0 aliphatic carbocycles. The van der Waals surface area contributed by atoms with Gasteiger partial charge in [0.25, 0.3) is 0 Å². The summed E-state index contributed by atoms with van der Waals surface area (Å²) >= 11 is 1.28. The summed E-state index contributed by atoms with van der Waals surface area (Å²) in [5.74, 6) is -0.420. The van der Waals surface area contributed by atoms with Crippen LogP contribution in [0.5, 0.6) is 0 Å². The second-order valence-corrected chi connectivity index (χ2v) is 9.03. The molecule has 2 aromatic rings. The Morgan fingerprint density at radius 2 is 2.08 bits per heavy atom. The minimum absolute atomic E-state index is 0.0910. The molecule has 1 fully saturated rings. The fourth-order valence-corrected chi connectivity index (χ4v) is 5.31. The Morgan fingerprint density at radius 3 is 2.68 bits per heavy atom. The van der Waals surface area contributed by atoms with Crippen LogP contribution in [0.25, 0.3) is 0 Å². The Bertz CT molecular complexity index is 869. The number of aryl methyl sites for hydroxylation is 3. The van der Waals surface area contributed by atoms with Crippen molar-refractivity contribution in [3.63, 3.8) is 0 Å². The van der Waals surface area contributed by atoms with Crippen molar-refractivity contribution in [2.24, 2.45) is 5.92 Å².